The fourth-order valence-electron chi connectivity index (χ4n) is 4.00. The SMILES string of the molecule is O=C(OCc1ccccc1)N1CC[C@H](S(=O)(=O)N[C@H]2CCCN(c3ncccn3)C2)C1. The predicted molar refractivity (Wildman–Crippen MR) is 116 cm³/mol. The molecule has 0 saturated carbocycles. The average molecular weight is 446 g/mol. The number of hydrogen-bond acceptors (Lipinski definition) is 7. The number of benzene rings is 1. The van der Waals surface area contributed by atoms with Crippen molar-refractivity contribution in [1.82, 2.24) is 19.6 Å². The minimum atomic E-state index is -3.57. The summed E-state index contributed by atoms with van der Waals surface area (Å²) in [5.74, 6) is 0.611. The van der Waals surface area contributed by atoms with E-state index < -0.39 is 21.4 Å². The molecule has 2 aliphatic heterocycles. The molecule has 1 aromatic carbocycles. The van der Waals surface area contributed by atoms with E-state index in [2.05, 4.69) is 14.7 Å². The van der Waals surface area contributed by atoms with Crippen LogP contribution in [0.4, 0.5) is 10.7 Å². The van der Waals surface area contributed by atoms with Crippen LogP contribution in [0.3, 0.4) is 0 Å². The van der Waals surface area contributed by atoms with Crippen LogP contribution < -0.4 is 9.62 Å². The smallest absolute Gasteiger partial charge is 0.410 e. The molecule has 2 fully saturated rings. The number of amides is 1. The third kappa shape index (κ3) is 5.50. The van der Waals surface area contributed by atoms with Crippen molar-refractivity contribution in [3.8, 4) is 0 Å². The van der Waals surface area contributed by atoms with Crippen molar-refractivity contribution in [3.05, 3.63) is 54.4 Å². The predicted octanol–water partition coefficient (Wildman–Crippen LogP) is 1.78. The van der Waals surface area contributed by atoms with E-state index in [9.17, 15) is 13.2 Å². The molecule has 1 amide bonds. The van der Waals surface area contributed by atoms with Crippen LogP contribution in [0.5, 0.6) is 0 Å². The van der Waals surface area contributed by atoms with Crippen molar-refractivity contribution >= 4 is 22.1 Å². The van der Waals surface area contributed by atoms with Gasteiger partial charge in [0, 0.05) is 44.6 Å². The monoisotopic (exact) mass is 445 g/mol. The van der Waals surface area contributed by atoms with Crippen LogP contribution in [0.2, 0.25) is 0 Å². The number of anilines is 1. The first-order valence-electron chi connectivity index (χ1n) is 10.5. The summed E-state index contributed by atoms with van der Waals surface area (Å²) in [5, 5.41) is -0.639. The molecule has 1 N–H and O–H groups in total. The Balaban J connectivity index is 1.29. The summed E-state index contributed by atoms with van der Waals surface area (Å²) in [6, 6.07) is 11.0. The average Bonchev–Trinajstić information content (AvgIpc) is 3.30. The van der Waals surface area contributed by atoms with Crippen molar-refractivity contribution in [2.75, 3.05) is 31.1 Å². The number of likely N-dealkylation sites (tertiary alicyclic amines) is 1. The summed E-state index contributed by atoms with van der Waals surface area (Å²) in [4.78, 5) is 24.3. The van der Waals surface area contributed by atoms with E-state index in [4.69, 9.17) is 4.74 Å². The molecule has 2 aliphatic rings. The van der Waals surface area contributed by atoms with Gasteiger partial charge >= 0.3 is 6.09 Å². The topological polar surface area (TPSA) is 105 Å². The number of carbonyl (C=O) groups excluding carboxylic acids is 1. The molecule has 0 aliphatic carbocycles. The molecule has 0 bridgehead atoms. The Hall–Kier alpha value is -2.72. The second kappa shape index (κ2) is 9.61. The molecule has 3 heterocycles. The van der Waals surface area contributed by atoms with E-state index in [1.165, 1.54) is 4.90 Å². The number of sulfonamides is 1. The van der Waals surface area contributed by atoms with Crippen molar-refractivity contribution in [1.29, 1.82) is 0 Å². The molecule has 2 saturated heterocycles. The largest absolute Gasteiger partial charge is 0.445 e. The van der Waals surface area contributed by atoms with E-state index in [-0.39, 0.29) is 19.2 Å². The first kappa shape index (κ1) is 21.5. The first-order chi connectivity index (χ1) is 15.0. The van der Waals surface area contributed by atoms with Gasteiger partial charge in [-0.15, -0.1) is 0 Å². The van der Waals surface area contributed by atoms with Gasteiger partial charge in [-0.1, -0.05) is 30.3 Å². The molecule has 0 unspecified atom stereocenters. The van der Waals surface area contributed by atoms with Gasteiger partial charge in [0.25, 0.3) is 0 Å². The molecule has 0 radical (unpaired) electrons. The van der Waals surface area contributed by atoms with Gasteiger partial charge in [-0.05, 0) is 30.9 Å². The van der Waals surface area contributed by atoms with Gasteiger partial charge < -0.3 is 14.5 Å². The molecule has 1 aromatic heterocycles. The standard InChI is InChI=1S/C21H27N5O4S/c27-21(30-16-17-6-2-1-3-7-17)26-13-9-19(15-26)31(28,29)24-18-8-4-12-25(14-18)20-22-10-5-11-23-20/h1-3,5-7,10-11,18-19,24H,4,8-9,12-16H2/t18-,19-/m0/s1. The molecule has 2 atom stereocenters. The summed E-state index contributed by atoms with van der Waals surface area (Å²) in [7, 11) is -3.57. The van der Waals surface area contributed by atoms with E-state index in [1.54, 1.807) is 18.5 Å². The van der Waals surface area contributed by atoms with Gasteiger partial charge in [0.05, 0.1) is 5.25 Å². The third-order valence-electron chi connectivity index (χ3n) is 5.63. The highest BCUT2D eigenvalue weighted by Crippen LogP contribution is 2.21. The highest BCUT2D eigenvalue weighted by Gasteiger charge is 2.37. The summed E-state index contributed by atoms with van der Waals surface area (Å²) < 4.78 is 34.1. The number of aromatic nitrogens is 2. The fourth-order valence-corrected chi connectivity index (χ4v) is 5.64. The van der Waals surface area contributed by atoms with Crippen LogP contribution in [-0.2, 0) is 21.4 Å². The second-order valence-electron chi connectivity index (χ2n) is 7.89. The van der Waals surface area contributed by atoms with Crippen molar-refractivity contribution < 1.29 is 17.9 Å². The highest BCUT2D eigenvalue weighted by atomic mass is 32.2. The molecule has 166 valence electrons. The van der Waals surface area contributed by atoms with Crippen molar-refractivity contribution in [2.24, 2.45) is 0 Å². The van der Waals surface area contributed by atoms with E-state index in [1.807, 2.05) is 35.2 Å². The maximum absolute atomic E-state index is 13.0. The molecule has 4 rings (SSSR count). The van der Waals surface area contributed by atoms with Gasteiger partial charge in [0.15, 0.2) is 0 Å². The van der Waals surface area contributed by atoms with E-state index in [0.29, 0.717) is 25.5 Å². The Morgan fingerprint density at radius 3 is 2.61 bits per heavy atom. The number of carbonyl (C=O) groups is 1. The number of piperidine rings is 1. The first-order valence-corrected chi connectivity index (χ1v) is 12.0. The summed E-state index contributed by atoms with van der Waals surface area (Å²) >= 11 is 0. The minimum Gasteiger partial charge on any atom is -0.445 e. The van der Waals surface area contributed by atoms with Crippen molar-refractivity contribution in [2.45, 2.75) is 37.2 Å². The maximum Gasteiger partial charge on any atom is 0.410 e. The molecule has 31 heavy (non-hydrogen) atoms. The lowest BCUT2D eigenvalue weighted by Crippen LogP contribution is -2.50. The van der Waals surface area contributed by atoms with Crippen LogP contribution in [0, 0.1) is 0 Å². The zero-order valence-electron chi connectivity index (χ0n) is 17.3. The molecular weight excluding hydrogens is 418 g/mol. The Morgan fingerprint density at radius 2 is 1.84 bits per heavy atom. The van der Waals surface area contributed by atoms with Crippen LogP contribution in [0.15, 0.2) is 48.8 Å². The maximum atomic E-state index is 13.0. The number of ether oxygens (including phenoxy) is 1. The van der Waals surface area contributed by atoms with E-state index >= 15 is 0 Å². The summed E-state index contributed by atoms with van der Waals surface area (Å²) in [5.41, 5.74) is 0.894. The van der Waals surface area contributed by atoms with Gasteiger partial charge in [-0.25, -0.2) is 27.9 Å². The Morgan fingerprint density at radius 1 is 1.06 bits per heavy atom. The number of nitrogens with one attached hydrogen (secondary N) is 1. The molecule has 10 heteroatoms. The number of hydrogen-bond donors (Lipinski definition) is 1. The normalized spacial score (nSPS) is 21.8. The van der Waals surface area contributed by atoms with Gasteiger partial charge in [0.2, 0.25) is 16.0 Å². The molecule has 9 nitrogen and oxygen atoms in total. The van der Waals surface area contributed by atoms with Crippen LogP contribution >= 0.6 is 0 Å². The highest BCUT2D eigenvalue weighted by molar-refractivity contribution is 7.90. The Kier molecular flexibility index (Phi) is 6.67. The number of rotatable bonds is 6. The second-order valence-corrected chi connectivity index (χ2v) is 9.89. The van der Waals surface area contributed by atoms with Crippen molar-refractivity contribution in [3.63, 3.8) is 0 Å². The summed E-state index contributed by atoms with van der Waals surface area (Å²) in [6.07, 6.45) is 4.90. The van der Waals surface area contributed by atoms with Crippen LogP contribution in [0.25, 0.3) is 0 Å². The van der Waals surface area contributed by atoms with E-state index in [0.717, 1.165) is 24.9 Å². The fraction of sp³-hybridized carbons (Fsp3) is 0.476. The zero-order chi connectivity index (χ0) is 21.7. The zero-order valence-corrected chi connectivity index (χ0v) is 18.1. The molecule has 0 spiro atoms. The quantitative estimate of drug-likeness (QED) is 0.723. The van der Waals surface area contributed by atoms with Gasteiger partial charge in [-0.3, -0.25) is 0 Å². The third-order valence-corrected chi connectivity index (χ3v) is 7.56. The Bertz CT molecular complexity index is 974. The van der Waals surface area contributed by atoms with Gasteiger partial charge in [0.1, 0.15) is 6.61 Å². The minimum absolute atomic E-state index is 0.140. The lowest BCUT2D eigenvalue weighted by atomic mass is 10.1. The summed E-state index contributed by atoms with van der Waals surface area (Å²) in [6.45, 7) is 2.01. The van der Waals surface area contributed by atoms with Gasteiger partial charge in [-0.2, -0.15) is 0 Å². The Labute approximate surface area is 182 Å². The molecule has 2 aromatic rings. The molecular formula is C21H27N5O4S. The van der Waals surface area contributed by atoms with Crippen LogP contribution in [0.1, 0.15) is 24.8 Å². The number of nitrogens with zero attached hydrogens (tertiary/aromatic N) is 4. The lowest BCUT2D eigenvalue weighted by Gasteiger charge is -2.33. The van der Waals surface area contributed by atoms with Crippen LogP contribution in [-0.4, -0.2) is 66.8 Å². The lowest BCUT2D eigenvalue weighted by molar-refractivity contribution is 0.104.